The molecule has 1 aromatic heterocycles. The third-order valence-corrected chi connectivity index (χ3v) is 5.95. The fraction of sp³-hybridized carbons (Fsp3) is 0.684. The van der Waals surface area contributed by atoms with E-state index in [1.54, 1.807) is 0 Å². The molecule has 0 saturated heterocycles. The molecule has 1 saturated carbocycles. The van der Waals surface area contributed by atoms with Crippen molar-refractivity contribution in [2.45, 2.75) is 71.8 Å². The van der Waals surface area contributed by atoms with Gasteiger partial charge in [-0.25, -0.2) is 0 Å². The largest absolute Gasteiger partial charge is 0.515 e. The molecule has 1 heterocycles. The Balaban J connectivity index is 2.16. The van der Waals surface area contributed by atoms with Gasteiger partial charge < -0.3 is 5.11 Å². The standard InChI is InChI=1S/C19H28N2O2/c1-17(2,3)21-10-12-7-8-14-18(4,5)16(23)13(11-22)9-19(14,6)15(12)20-21/h10-11,14,22H,7-9H2,1-6H3/b13-11-/t14-,19-/m0/s1. The number of aliphatic hydroxyl groups excluding tert-OH is 1. The van der Waals surface area contributed by atoms with Crippen molar-refractivity contribution in [3.8, 4) is 0 Å². The summed E-state index contributed by atoms with van der Waals surface area (Å²) in [4.78, 5) is 12.7. The molecule has 1 N–H and O–H groups in total. The molecule has 4 nitrogen and oxygen atoms in total. The van der Waals surface area contributed by atoms with Gasteiger partial charge in [0.05, 0.1) is 17.5 Å². The van der Waals surface area contributed by atoms with E-state index >= 15 is 0 Å². The predicted octanol–water partition coefficient (Wildman–Crippen LogP) is 3.90. The summed E-state index contributed by atoms with van der Waals surface area (Å²) in [6.07, 6.45) is 5.73. The summed E-state index contributed by atoms with van der Waals surface area (Å²) < 4.78 is 2.05. The van der Waals surface area contributed by atoms with E-state index in [-0.39, 0.29) is 22.7 Å². The van der Waals surface area contributed by atoms with E-state index in [0.29, 0.717) is 12.0 Å². The number of aliphatic hydroxyl groups is 1. The number of fused-ring (bicyclic) bond motifs is 3. The number of nitrogens with zero attached hydrogens (tertiary/aromatic N) is 2. The third kappa shape index (κ3) is 2.18. The molecule has 2 atom stereocenters. The maximum Gasteiger partial charge on any atom is 0.167 e. The molecule has 2 aliphatic rings. The van der Waals surface area contributed by atoms with Crippen molar-refractivity contribution in [2.24, 2.45) is 11.3 Å². The van der Waals surface area contributed by atoms with Crippen molar-refractivity contribution in [1.29, 1.82) is 0 Å². The van der Waals surface area contributed by atoms with Crippen LogP contribution in [0.3, 0.4) is 0 Å². The molecular formula is C19H28N2O2. The number of hydrogen-bond donors (Lipinski definition) is 1. The van der Waals surface area contributed by atoms with Gasteiger partial charge in [0, 0.05) is 22.6 Å². The molecule has 0 aliphatic heterocycles. The third-order valence-electron chi connectivity index (χ3n) is 5.95. The second-order valence-corrected chi connectivity index (χ2v) is 9.01. The Labute approximate surface area is 138 Å². The second-order valence-electron chi connectivity index (χ2n) is 9.01. The average molecular weight is 316 g/mol. The first-order valence-corrected chi connectivity index (χ1v) is 8.49. The number of allylic oxidation sites excluding steroid dienone is 1. The molecule has 1 aromatic rings. The number of aromatic nitrogens is 2. The van der Waals surface area contributed by atoms with Gasteiger partial charge in [0.25, 0.3) is 0 Å². The lowest BCUT2D eigenvalue weighted by Gasteiger charge is -2.52. The van der Waals surface area contributed by atoms with Gasteiger partial charge in [-0.05, 0) is 51.5 Å². The summed E-state index contributed by atoms with van der Waals surface area (Å²) in [5, 5.41) is 14.5. The highest BCUT2D eigenvalue weighted by Crippen LogP contribution is 2.56. The van der Waals surface area contributed by atoms with E-state index in [1.807, 2.05) is 13.8 Å². The van der Waals surface area contributed by atoms with Crippen LogP contribution < -0.4 is 0 Å². The van der Waals surface area contributed by atoms with Crippen LogP contribution in [-0.4, -0.2) is 20.7 Å². The van der Waals surface area contributed by atoms with Gasteiger partial charge in [-0.15, -0.1) is 0 Å². The minimum absolute atomic E-state index is 0.0567. The van der Waals surface area contributed by atoms with Crippen LogP contribution >= 0.6 is 0 Å². The topological polar surface area (TPSA) is 55.1 Å². The van der Waals surface area contributed by atoms with Crippen LogP contribution in [0.15, 0.2) is 18.0 Å². The average Bonchev–Trinajstić information content (AvgIpc) is 2.88. The maximum absolute atomic E-state index is 12.7. The molecule has 0 unspecified atom stereocenters. The summed E-state index contributed by atoms with van der Waals surface area (Å²) >= 11 is 0. The Bertz CT molecular complexity index is 691. The predicted molar refractivity (Wildman–Crippen MR) is 90.5 cm³/mol. The molecule has 3 rings (SSSR count). The summed E-state index contributed by atoms with van der Waals surface area (Å²) in [5.41, 5.74) is 2.22. The van der Waals surface area contributed by atoms with Crippen molar-refractivity contribution < 1.29 is 9.90 Å². The Hall–Kier alpha value is -1.58. The van der Waals surface area contributed by atoms with E-state index in [4.69, 9.17) is 5.10 Å². The minimum Gasteiger partial charge on any atom is -0.515 e. The normalized spacial score (nSPS) is 31.8. The maximum atomic E-state index is 12.7. The summed E-state index contributed by atoms with van der Waals surface area (Å²) in [6.45, 7) is 12.7. The Morgan fingerprint density at radius 2 is 2.00 bits per heavy atom. The fourth-order valence-corrected chi connectivity index (χ4v) is 4.72. The number of rotatable bonds is 0. The first-order valence-electron chi connectivity index (χ1n) is 8.49. The minimum atomic E-state index is -0.467. The molecule has 0 aromatic carbocycles. The number of ketones is 1. The molecule has 0 radical (unpaired) electrons. The van der Waals surface area contributed by atoms with Gasteiger partial charge in [-0.1, -0.05) is 20.8 Å². The zero-order chi connectivity index (χ0) is 17.2. The van der Waals surface area contributed by atoms with E-state index in [0.717, 1.165) is 24.8 Å². The summed E-state index contributed by atoms with van der Waals surface area (Å²) in [6, 6.07) is 0. The second kappa shape index (κ2) is 4.71. The summed E-state index contributed by atoms with van der Waals surface area (Å²) in [7, 11) is 0. The van der Waals surface area contributed by atoms with E-state index in [1.165, 1.54) is 5.56 Å². The highest BCUT2D eigenvalue weighted by molar-refractivity contribution is 6.00. The molecule has 1 fully saturated rings. The zero-order valence-electron chi connectivity index (χ0n) is 15.1. The lowest BCUT2D eigenvalue weighted by Crippen LogP contribution is -2.53. The molecule has 0 amide bonds. The van der Waals surface area contributed by atoms with Gasteiger partial charge in [-0.2, -0.15) is 5.10 Å². The van der Waals surface area contributed by atoms with Crippen molar-refractivity contribution in [3.05, 3.63) is 29.3 Å². The van der Waals surface area contributed by atoms with Crippen molar-refractivity contribution in [2.75, 3.05) is 0 Å². The van der Waals surface area contributed by atoms with Gasteiger partial charge in [-0.3, -0.25) is 9.48 Å². The van der Waals surface area contributed by atoms with E-state index in [9.17, 15) is 9.90 Å². The quantitative estimate of drug-likeness (QED) is 0.583. The number of aryl methyl sites for hydroxylation is 1. The lowest BCUT2D eigenvalue weighted by atomic mass is 9.50. The van der Waals surface area contributed by atoms with Crippen molar-refractivity contribution in [1.82, 2.24) is 9.78 Å². The summed E-state index contributed by atoms with van der Waals surface area (Å²) in [5.74, 6) is 0.336. The van der Waals surface area contributed by atoms with Crippen LogP contribution in [0, 0.1) is 11.3 Å². The molecule has 126 valence electrons. The van der Waals surface area contributed by atoms with Crippen molar-refractivity contribution in [3.63, 3.8) is 0 Å². The van der Waals surface area contributed by atoms with Crippen molar-refractivity contribution >= 4 is 5.78 Å². The zero-order valence-corrected chi connectivity index (χ0v) is 15.1. The first kappa shape index (κ1) is 16.3. The number of carbonyl (C=O) groups is 1. The van der Waals surface area contributed by atoms with E-state index in [2.05, 4.69) is 38.6 Å². The Kier molecular flexibility index (Phi) is 3.34. The molecule has 23 heavy (non-hydrogen) atoms. The molecule has 2 aliphatic carbocycles. The number of hydrogen-bond acceptors (Lipinski definition) is 3. The van der Waals surface area contributed by atoms with Crippen LogP contribution in [0.2, 0.25) is 0 Å². The lowest BCUT2D eigenvalue weighted by molar-refractivity contribution is -0.131. The van der Waals surface area contributed by atoms with Crippen LogP contribution in [0.5, 0.6) is 0 Å². The highest BCUT2D eigenvalue weighted by Gasteiger charge is 2.56. The van der Waals surface area contributed by atoms with Gasteiger partial charge in [0.15, 0.2) is 5.78 Å². The first-order chi connectivity index (χ1) is 10.5. The number of Topliss-reactive ketones (excluding diaryl/α,β-unsaturated/α-hetero) is 1. The van der Waals surface area contributed by atoms with Crippen LogP contribution in [0.1, 0.15) is 65.6 Å². The monoisotopic (exact) mass is 316 g/mol. The van der Waals surface area contributed by atoms with Gasteiger partial charge >= 0.3 is 0 Å². The highest BCUT2D eigenvalue weighted by atomic mass is 16.2. The van der Waals surface area contributed by atoms with Crippen LogP contribution in [0.25, 0.3) is 0 Å². The number of carbonyl (C=O) groups excluding carboxylic acids is 1. The molecule has 0 spiro atoms. The molecule has 4 heteroatoms. The molecule has 0 bridgehead atoms. The fourth-order valence-electron chi connectivity index (χ4n) is 4.72. The van der Waals surface area contributed by atoms with Crippen LogP contribution in [-0.2, 0) is 22.2 Å². The Morgan fingerprint density at radius 3 is 2.57 bits per heavy atom. The smallest absolute Gasteiger partial charge is 0.167 e. The van der Waals surface area contributed by atoms with E-state index < -0.39 is 5.41 Å². The van der Waals surface area contributed by atoms with Crippen LogP contribution in [0.4, 0.5) is 0 Å². The van der Waals surface area contributed by atoms with Gasteiger partial charge in [0.1, 0.15) is 0 Å². The van der Waals surface area contributed by atoms with Gasteiger partial charge in [0.2, 0.25) is 0 Å². The SMILES string of the molecule is CC1(C)C(=O)/C(=C\O)C[C@]2(C)c3nn(C(C)(C)C)cc3CC[C@@H]12. The Morgan fingerprint density at radius 1 is 1.35 bits per heavy atom. The molecular weight excluding hydrogens is 288 g/mol.